The summed E-state index contributed by atoms with van der Waals surface area (Å²) in [5.41, 5.74) is 1.65. The van der Waals surface area contributed by atoms with Crippen LogP contribution >= 0.6 is 0 Å². The Kier molecular flexibility index (Phi) is 4.74. The molecule has 0 fully saturated rings. The molecule has 0 aliphatic carbocycles. The van der Waals surface area contributed by atoms with E-state index in [4.69, 9.17) is 0 Å². The van der Waals surface area contributed by atoms with Gasteiger partial charge in [0.15, 0.2) is 17.0 Å². The Bertz CT molecular complexity index is 1370. The minimum Gasteiger partial charge on any atom is -0.341 e. The highest BCUT2D eigenvalue weighted by atomic mass is 19.1. The molecule has 0 atom stereocenters. The maximum Gasteiger partial charge on any atom is 0.332 e. The van der Waals surface area contributed by atoms with Crippen LogP contribution in [-0.4, -0.2) is 28.9 Å². The normalized spacial score (nSPS) is 11.0. The van der Waals surface area contributed by atoms with Crippen molar-refractivity contribution in [3.63, 3.8) is 0 Å². The molecule has 1 aromatic carbocycles. The Balaban J connectivity index is 1.53. The first-order valence-corrected chi connectivity index (χ1v) is 9.00. The standard InChI is InChI=1S/C20H18FN7O2/c1-12(10-28-11-22-18-17(28)19(29)27(3)20(30)26(18)2)23-16-9-8-15(24-25-16)13-4-6-14(21)7-5-13/h4-9,11H,1,10H2,2-3H3,(H,23,25). The fourth-order valence-corrected chi connectivity index (χ4v) is 3.12. The van der Waals surface area contributed by atoms with Gasteiger partial charge in [0.25, 0.3) is 5.56 Å². The summed E-state index contributed by atoms with van der Waals surface area (Å²) < 4.78 is 17.0. The van der Waals surface area contributed by atoms with Gasteiger partial charge in [-0.1, -0.05) is 6.58 Å². The Morgan fingerprint density at radius 3 is 2.47 bits per heavy atom. The molecule has 0 aliphatic heterocycles. The van der Waals surface area contributed by atoms with Crippen molar-refractivity contribution in [1.29, 1.82) is 0 Å². The lowest BCUT2D eigenvalue weighted by molar-refractivity contribution is 0.628. The van der Waals surface area contributed by atoms with Crippen molar-refractivity contribution >= 4 is 17.0 Å². The van der Waals surface area contributed by atoms with E-state index in [-0.39, 0.29) is 12.4 Å². The minimum absolute atomic E-state index is 0.241. The largest absolute Gasteiger partial charge is 0.341 e. The van der Waals surface area contributed by atoms with Crippen molar-refractivity contribution < 1.29 is 4.39 Å². The van der Waals surface area contributed by atoms with Crippen molar-refractivity contribution in [3.8, 4) is 11.3 Å². The lowest BCUT2D eigenvalue weighted by Crippen LogP contribution is -2.37. The van der Waals surface area contributed by atoms with Crippen LogP contribution in [0, 0.1) is 5.82 Å². The second-order valence-electron chi connectivity index (χ2n) is 6.79. The Morgan fingerprint density at radius 2 is 1.80 bits per heavy atom. The predicted octanol–water partition coefficient (Wildman–Crippen LogP) is 1.66. The zero-order valence-corrected chi connectivity index (χ0v) is 16.3. The summed E-state index contributed by atoms with van der Waals surface area (Å²) in [7, 11) is 2.99. The van der Waals surface area contributed by atoms with Crippen LogP contribution < -0.4 is 16.6 Å². The molecule has 4 rings (SSSR count). The lowest BCUT2D eigenvalue weighted by Gasteiger charge is -2.11. The zero-order chi connectivity index (χ0) is 21.4. The number of allylic oxidation sites excluding steroid dienone is 1. The maximum atomic E-state index is 13.1. The average molecular weight is 407 g/mol. The first-order valence-electron chi connectivity index (χ1n) is 9.00. The van der Waals surface area contributed by atoms with Gasteiger partial charge in [-0.05, 0) is 36.4 Å². The van der Waals surface area contributed by atoms with E-state index in [0.29, 0.717) is 28.4 Å². The number of hydrogen-bond acceptors (Lipinski definition) is 6. The highest BCUT2D eigenvalue weighted by Gasteiger charge is 2.14. The summed E-state index contributed by atoms with van der Waals surface area (Å²) in [6, 6.07) is 9.47. The zero-order valence-electron chi connectivity index (χ0n) is 16.3. The number of fused-ring (bicyclic) bond motifs is 1. The number of nitrogens with zero attached hydrogens (tertiary/aromatic N) is 6. The predicted molar refractivity (Wildman–Crippen MR) is 110 cm³/mol. The molecule has 9 nitrogen and oxygen atoms in total. The summed E-state index contributed by atoms with van der Waals surface area (Å²) >= 11 is 0. The van der Waals surface area contributed by atoms with E-state index in [1.165, 1.54) is 30.1 Å². The molecule has 0 saturated heterocycles. The number of rotatable bonds is 5. The molecule has 1 N–H and O–H groups in total. The van der Waals surface area contributed by atoms with Crippen molar-refractivity contribution in [1.82, 2.24) is 28.9 Å². The summed E-state index contributed by atoms with van der Waals surface area (Å²) in [6.45, 7) is 4.21. The van der Waals surface area contributed by atoms with Gasteiger partial charge in [-0.3, -0.25) is 13.9 Å². The summed E-state index contributed by atoms with van der Waals surface area (Å²) in [4.78, 5) is 28.7. The summed E-state index contributed by atoms with van der Waals surface area (Å²) in [6.07, 6.45) is 1.49. The molecular weight excluding hydrogens is 389 g/mol. The third kappa shape index (κ3) is 3.39. The van der Waals surface area contributed by atoms with Gasteiger partial charge in [0.1, 0.15) is 5.82 Å². The average Bonchev–Trinajstić information content (AvgIpc) is 3.15. The molecule has 0 amide bonds. The SMILES string of the molecule is C=C(Cn1cnc2c1c(=O)n(C)c(=O)n2C)Nc1ccc(-c2ccc(F)cc2)nn1. The van der Waals surface area contributed by atoms with Crippen molar-refractivity contribution in [2.24, 2.45) is 14.1 Å². The molecule has 0 aliphatic rings. The van der Waals surface area contributed by atoms with Gasteiger partial charge in [0, 0.05) is 25.4 Å². The first-order chi connectivity index (χ1) is 14.3. The monoisotopic (exact) mass is 407 g/mol. The van der Waals surface area contributed by atoms with E-state index in [9.17, 15) is 14.0 Å². The Hall–Kier alpha value is -4.08. The molecule has 0 saturated carbocycles. The molecule has 0 unspecified atom stereocenters. The maximum absolute atomic E-state index is 13.1. The van der Waals surface area contributed by atoms with E-state index in [2.05, 4.69) is 27.1 Å². The number of aryl methyl sites for hydroxylation is 1. The smallest absolute Gasteiger partial charge is 0.332 e. The van der Waals surface area contributed by atoms with Crippen LogP contribution in [0.25, 0.3) is 22.4 Å². The summed E-state index contributed by atoms with van der Waals surface area (Å²) in [5, 5.41) is 11.3. The van der Waals surface area contributed by atoms with E-state index in [1.54, 1.807) is 35.9 Å². The topological polar surface area (TPSA) is 99.6 Å². The fourth-order valence-electron chi connectivity index (χ4n) is 3.12. The van der Waals surface area contributed by atoms with E-state index < -0.39 is 11.2 Å². The molecule has 4 aromatic rings. The van der Waals surface area contributed by atoms with Gasteiger partial charge in [0.2, 0.25) is 0 Å². The number of aromatic nitrogens is 6. The molecule has 30 heavy (non-hydrogen) atoms. The van der Waals surface area contributed by atoms with E-state index in [1.807, 2.05) is 0 Å². The van der Waals surface area contributed by atoms with Crippen LogP contribution in [0.15, 0.2) is 64.6 Å². The third-order valence-corrected chi connectivity index (χ3v) is 4.69. The van der Waals surface area contributed by atoms with Crippen LogP contribution in [-0.2, 0) is 20.6 Å². The van der Waals surface area contributed by atoms with Gasteiger partial charge >= 0.3 is 5.69 Å². The van der Waals surface area contributed by atoms with Gasteiger partial charge < -0.3 is 9.88 Å². The molecule has 0 radical (unpaired) electrons. The number of nitrogens with one attached hydrogen (secondary N) is 1. The van der Waals surface area contributed by atoms with Crippen molar-refractivity contribution in [2.45, 2.75) is 6.54 Å². The van der Waals surface area contributed by atoms with Crippen LogP contribution in [0.2, 0.25) is 0 Å². The molecule has 3 heterocycles. The molecule has 0 bridgehead atoms. The van der Waals surface area contributed by atoms with Crippen molar-refractivity contribution in [3.05, 3.63) is 81.7 Å². The minimum atomic E-state index is -0.439. The van der Waals surface area contributed by atoms with Crippen LogP contribution in [0.3, 0.4) is 0 Å². The van der Waals surface area contributed by atoms with Gasteiger partial charge in [-0.25, -0.2) is 14.2 Å². The van der Waals surface area contributed by atoms with Crippen LogP contribution in [0.5, 0.6) is 0 Å². The Morgan fingerprint density at radius 1 is 1.07 bits per heavy atom. The van der Waals surface area contributed by atoms with Crippen LogP contribution in [0.4, 0.5) is 10.2 Å². The Labute approximate surface area is 169 Å². The number of anilines is 1. The van der Waals surface area contributed by atoms with E-state index in [0.717, 1.165) is 10.1 Å². The first kappa shape index (κ1) is 19.2. The number of hydrogen-bond donors (Lipinski definition) is 1. The van der Waals surface area contributed by atoms with Crippen LogP contribution in [0.1, 0.15) is 0 Å². The molecular formula is C20H18FN7O2. The molecule has 152 valence electrons. The highest BCUT2D eigenvalue weighted by Crippen LogP contribution is 2.18. The highest BCUT2D eigenvalue weighted by molar-refractivity contribution is 5.70. The third-order valence-electron chi connectivity index (χ3n) is 4.69. The number of halogens is 1. The summed E-state index contributed by atoms with van der Waals surface area (Å²) in [5.74, 6) is 0.152. The van der Waals surface area contributed by atoms with Crippen molar-refractivity contribution in [2.75, 3.05) is 5.32 Å². The van der Waals surface area contributed by atoms with Gasteiger partial charge in [-0.15, -0.1) is 10.2 Å². The second kappa shape index (κ2) is 7.39. The van der Waals surface area contributed by atoms with E-state index >= 15 is 0 Å². The lowest BCUT2D eigenvalue weighted by atomic mass is 10.1. The molecule has 3 aromatic heterocycles. The molecule has 0 spiro atoms. The second-order valence-corrected chi connectivity index (χ2v) is 6.79. The van der Waals surface area contributed by atoms with Gasteiger partial charge in [-0.2, -0.15) is 0 Å². The number of imidazole rings is 1. The fraction of sp³-hybridized carbons (Fsp3) is 0.150. The quantitative estimate of drug-likeness (QED) is 0.540. The molecule has 10 heteroatoms. The van der Waals surface area contributed by atoms with Gasteiger partial charge in [0.05, 0.1) is 18.6 Å². The number of benzene rings is 1.